The molecule has 0 unspecified atom stereocenters. The highest BCUT2D eigenvalue weighted by atomic mass is 19.1. The lowest BCUT2D eigenvalue weighted by atomic mass is 10.2. The lowest BCUT2D eigenvalue weighted by Crippen LogP contribution is -2.45. The topological polar surface area (TPSA) is 98.0 Å². The molecule has 0 bridgehead atoms. The molecule has 3 N–H and O–H groups in total. The fraction of sp³-hybridized carbons (Fsp3) is 0.375. The molecule has 3 aromatic heterocycles. The van der Waals surface area contributed by atoms with Crippen LogP contribution in [0.4, 0.5) is 22.0 Å². The van der Waals surface area contributed by atoms with E-state index >= 15 is 4.39 Å². The molecule has 0 spiro atoms. The van der Waals surface area contributed by atoms with Crippen LogP contribution in [0.15, 0.2) is 30.3 Å². The Kier molecular flexibility index (Phi) is 5.09. The Labute approximate surface area is 196 Å². The number of aromatic amines is 2. The molecule has 1 saturated carbocycles. The van der Waals surface area contributed by atoms with Crippen molar-refractivity contribution in [2.45, 2.75) is 25.7 Å². The van der Waals surface area contributed by atoms with E-state index in [1.165, 1.54) is 12.8 Å². The van der Waals surface area contributed by atoms with Gasteiger partial charge in [-0.2, -0.15) is 15.1 Å². The van der Waals surface area contributed by atoms with Crippen LogP contribution >= 0.6 is 0 Å². The number of halogens is 1. The number of nitrogens with zero attached hydrogens (tertiary/aromatic N) is 5. The van der Waals surface area contributed by atoms with E-state index in [1.807, 2.05) is 19.1 Å². The number of ether oxygens (including phenoxy) is 1. The van der Waals surface area contributed by atoms with E-state index in [9.17, 15) is 0 Å². The maximum Gasteiger partial charge on any atom is 0.230 e. The van der Waals surface area contributed by atoms with Crippen molar-refractivity contribution in [2.75, 3.05) is 43.4 Å². The summed E-state index contributed by atoms with van der Waals surface area (Å²) in [5.74, 6) is 2.33. The van der Waals surface area contributed by atoms with E-state index in [0.29, 0.717) is 28.9 Å². The standard InChI is InChI=1S/C24H27FN8O/c1-14-11-16-17(26-14)5-6-19(23(16)25)34-22-13-20(27-21-12-18(30-31-21)15-3-4-15)28-24(29-22)33-9-7-32(2)8-10-33/h5-6,11-13,15,26H,3-4,7-10H2,1-2H3,(H2,27,28,29,30,31). The molecule has 0 amide bonds. The molecule has 0 atom stereocenters. The van der Waals surface area contributed by atoms with Crippen molar-refractivity contribution in [2.24, 2.45) is 0 Å². The van der Waals surface area contributed by atoms with Crippen molar-refractivity contribution in [3.63, 3.8) is 0 Å². The van der Waals surface area contributed by atoms with Gasteiger partial charge in [-0.3, -0.25) is 5.10 Å². The zero-order chi connectivity index (χ0) is 23.2. The zero-order valence-corrected chi connectivity index (χ0v) is 19.2. The second-order valence-electron chi connectivity index (χ2n) is 9.18. The molecule has 1 aliphatic carbocycles. The smallest absolute Gasteiger partial charge is 0.230 e. The highest BCUT2D eigenvalue weighted by Crippen LogP contribution is 2.40. The van der Waals surface area contributed by atoms with E-state index < -0.39 is 5.82 Å². The molecular weight excluding hydrogens is 435 g/mol. The largest absolute Gasteiger partial charge is 0.436 e. The minimum Gasteiger partial charge on any atom is -0.436 e. The maximum atomic E-state index is 15.2. The molecule has 34 heavy (non-hydrogen) atoms. The predicted molar refractivity (Wildman–Crippen MR) is 129 cm³/mol. The SMILES string of the molecule is Cc1cc2c(F)c(Oc3cc(Nc4cc(C5CC5)[nH]n4)nc(N4CCN(C)CC4)n3)ccc2[nH]1. The number of anilines is 3. The molecule has 4 heterocycles. The minimum atomic E-state index is -0.419. The third kappa shape index (κ3) is 4.16. The fourth-order valence-electron chi connectivity index (χ4n) is 4.29. The van der Waals surface area contributed by atoms with Crippen molar-refractivity contribution in [3.8, 4) is 11.6 Å². The summed E-state index contributed by atoms with van der Waals surface area (Å²) in [6, 6.07) is 8.89. The molecule has 10 heteroatoms. The minimum absolute atomic E-state index is 0.122. The van der Waals surface area contributed by atoms with Crippen LogP contribution in [0.2, 0.25) is 0 Å². The van der Waals surface area contributed by atoms with Gasteiger partial charge in [-0.25, -0.2) is 4.39 Å². The van der Waals surface area contributed by atoms with Gasteiger partial charge >= 0.3 is 0 Å². The Morgan fingerprint density at radius 1 is 1.06 bits per heavy atom. The Morgan fingerprint density at radius 2 is 1.88 bits per heavy atom. The highest BCUT2D eigenvalue weighted by molar-refractivity contribution is 5.82. The van der Waals surface area contributed by atoms with E-state index in [-0.39, 0.29) is 11.6 Å². The molecule has 1 aliphatic heterocycles. The number of piperazine rings is 1. The van der Waals surface area contributed by atoms with Gasteiger partial charge in [0.1, 0.15) is 5.82 Å². The van der Waals surface area contributed by atoms with Gasteiger partial charge in [-0.1, -0.05) is 0 Å². The van der Waals surface area contributed by atoms with Crippen molar-refractivity contribution in [3.05, 3.63) is 47.5 Å². The molecule has 2 fully saturated rings. The Hall–Kier alpha value is -3.66. The van der Waals surface area contributed by atoms with Crippen LogP contribution in [0.1, 0.15) is 30.1 Å². The van der Waals surface area contributed by atoms with E-state index in [0.717, 1.165) is 43.1 Å². The number of H-pyrrole nitrogens is 2. The molecule has 0 radical (unpaired) electrons. The third-order valence-electron chi connectivity index (χ3n) is 6.40. The summed E-state index contributed by atoms with van der Waals surface area (Å²) in [5.41, 5.74) is 2.75. The molecule has 2 aliphatic rings. The van der Waals surface area contributed by atoms with Crippen LogP contribution in [-0.4, -0.2) is 63.3 Å². The highest BCUT2D eigenvalue weighted by Gasteiger charge is 2.26. The molecule has 176 valence electrons. The quantitative estimate of drug-likeness (QED) is 0.393. The van der Waals surface area contributed by atoms with Gasteiger partial charge in [-0.05, 0) is 45.0 Å². The van der Waals surface area contributed by atoms with Gasteiger partial charge in [0.2, 0.25) is 11.8 Å². The number of benzene rings is 1. The van der Waals surface area contributed by atoms with E-state index in [2.05, 4.69) is 42.3 Å². The molecule has 1 aromatic carbocycles. The van der Waals surface area contributed by atoms with Crippen LogP contribution in [0.3, 0.4) is 0 Å². The summed E-state index contributed by atoms with van der Waals surface area (Å²) < 4.78 is 21.1. The second kappa shape index (κ2) is 8.28. The lowest BCUT2D eigenvalue weighted by molar-refractivity contribution is 0.310. The Balaban J connectivity index is 1.32. The maximum absolute atomic E-state index is 15.2. The van der Waals surface area contributed by atoms with Crippen molar-refractivity contribution >= 4 is 28.5 Å². The predicted octanol–water partition coefficient (Wildman–Crippen LogP) is 4.29. The van der Waals surface area contributed by atoms with Gasteiger partial charge in [0.05, 0.1) is 0 Å². The van der Waals surface area contributed by atoms with Crippen LogP contribution in [-0.2, 0) is 0 Å². The van der Waals surface area contributed by atoms with Crippen molar-refractivity contribution in [1.29, 1.82) is 0 Å². The molecule has 1 saturated heterocycles. The Bertz CT molecular complexity index is 1340. The first-order chi connectivity index (χ1) is 16.5. The summed E-state index contributed by atoms with van der Waals surface area (Å²) in [6.07, 6.45) is 2.38. The molecule has 6 rings (SSSR count). The van der Waals surface area contributed by atoms with Gasteiger partial charge in [0.25, 0.3) is 0 Å². The Morgan fingerprint density at radius 3 is 2.68 bits per heavy atom. The van der Waals surface area contributed by atoms with Crippen LogP contribution in [0.25, 0.3) is 10.9 Å². The van der Waals surface area contributed by atoms with E-state index in [1.54, 1.807) is 18.2 Å². The zero-order valence-electron chi connectivity index (χ0n) is 19.2. The number of nitrogens with one attached hydrogen (secondary N) is 3. The van der Waals surface area contributed by atoms with Crippen molar-refractivity contribution < 1.29 is 9.13 Å². The average Bonchev–Trinajstić information content (AvgIpc) is 3.45. The number of rotatable bonds is 6. The summed E-state index contributed by atoms with van der Waals surface area (Å²) in [6.45, 7) is 5.33. The van der Waals surface area contributed by atoms with Crippen LogP contribution in [0.5, 0.6) is 11.6 Å². The average molecular weight is 463 g/mol. The monoisotopic (exact) mass is 462 g/mol. The van der Waals surface area contributed by atoms with Crippen molar-refractivity contribution in [1.82, 2.24) is 30.0 Å². The van der Waals surface area contributed by atoms with Gasteiger partial charge in [0.15, 0.2) is 17.4 Å². The molecule has 9 nitrogen and oxygen atoms in total. The number of aromatic nitrogens is 5. The summed E-state index contributed by atoms with van der Waals surface area (Å²) in [7, 11) is 2.10. The first-order valence-electron chi connectivity index (χ1n) is 11.6. The number of aryl methyl sites for hydroxylation is 1. The summed E-state index contributed by atoms with van der Waals surface area (Å²) in [4.78, 5) is 16.9. The van der Waals surface area contributed by atoms with Gasteiger partial charge in [-0.15, -0.1) is 0 Å². The number of likely N-dealkylation sites (N-methyl/N-ethyl adjacent to an activating group) is 1. The molecular formula is C24H27FN8O. The summed E-state index contributed by atoms with van der Waals surface area (Å²) >= 11 is 0. The molecule has 4 aromatic rings. The number of fused-ring (bicyclic) bond motifs is 1. The second-order valence-corrected chi connectivity index (χ2v) is 9.18. The summed E-state index contributed by atoms with van der Waals surface area (Å²) in [5, 5.41) is 11.2. The van der Waals surface area contributed by atoms with Gasteiger partial charge < -0.3 is 24.8 Å². The van der Waals surface area contributed by atoms with E-state index in [4.69, 9.17) is 9.72 Å². The van der Waals surface area contributed by atoms with Crippen LogP contribution < -0.4 is 15.0 Å². The first kappa shape index (κ1) is 20.9. The van der Waals surface area contributed by atoms with Gasteiger partial charge in [0, 0.05) is 66.5 Å². The number of hydrogen-bond acceptors (Lipinski definition) is 7. The number of hydrogen-bond donors (Lipinski definition) is 3. The third-order valence-corrected chi connectivity index (χ3v) is 6.40. The fourth-order valence-corrected chi connectivity index (χ4v) is 4.29. The van der Waals surface area contributed by atoms with Crippen LogP contribution in [0, 0.1) is 12.7 Å². The normalized spacial score (nSPS) is 16.9. The lowest BCUT2D eigenvalue weighted by Gasteiger charge is -2.32. The first-order valence-corrected chi connectivity index (χ1v) is 11.6.